The van der Waals surface area contributed by atoms with E-state index >= 15 is 0 Å². The normalized spacial score (nSPS) is 17.1. The van der Waals surface area contributed by atoms with E-state index in [-0.39, 0.29) is 22.3 Å². The number of aromatic hydroxyl groups is 1. The van der Waals surface area contributed by atoms with Gasteiger partial charge in [-0.3, -0.25) is 14.6 Å². The van der Waals surface area contributed by atoms with Crippen molar-refractivity contribution < 1.29 is 32.6 Å². The fraction of sp³-hybridized carbons (Fsp3) is 0.400. The van der Waals surface area contributed by atoms with Crippen LogP contribution in [0, 0.1) is 5.82 Å². The monoisotopic (exact) mass is 562 g/mol. The van der Waals surface area contributed by atoms with Crippen LogP contribution in [0.15, 0.2) is 52.4 Å². The molecule has 0 aromatic heterocycles. The minimum absolute atomic E-state index is 0.0280. The SMILES string of the molecule is O=C(NC[C@H](NS(=O)(=O)c1ccc(O)cc1)C(=O)O)c1ccc(N2CCC(NC3=NCCCN3)CC2)c(F)c1. The fourth-order valence-electron chi connectivity index (χ4n) is 4.35. The van der Waals surface area contributed by atoms with Crippen molar-refractivity contribution in [1.29, 1.82) is 0 Å². The first-order valence-corrected chi connectivity index (χ1v) is 14.0. The number of phenols is 1. The number of carboxylic acids is 1. The number of halogens is 1. The minimum Gasteiger partial charge on any atom is -0.508 e. The van der Waals surface area contributed by atoms with E-state index < -0.39 is 40.3 Å². The molecule has 0 spiro atoms. The molecule has 39 heavy (non-hydrogen) atoms. The third kappa shape index (κ3) is 7.35. The average molecular weight is 563 g/mol. The van der Waals surface area contributed by atoms with Gasteiger partial charge in [0.2, 0.25) is 10.0 Å². The number of carbonyl (C=O) groups is 2. The maximum Gasteiger partial charge on any atom is 0.323 e. The number of carbonyl (C=O) groups excluding carboxylic acids is 1. The Bertz CT molecular complexity index is 1330. The average Bonchev–Trinajstić information content (AvgIpc) is 2.92. The van der Waals surface area contributed by atoms with Crippen LogP contribution >= 0.6 is 0 Å². The Morgan fingerprint density at radius 2 is 1.87 bits per heavy atom. The molecule has 6 N–H and O–H groups in total. The molecule has 210 valence electrons. The summed E-state index contributed by atoms with van der Waals surface area (Å²) in [6, 6.07) is 7.09. The largest absolute Gasteiger partial charge is 0.508 e. The number of hydrogen-bond donors (Lipinski definition) is 6. The number of aliphatic imine (C=N–C) groups is 1. The highest BCUT2D eigenvalue weighted by molar-refractivity contribution is 7.89. The van der Waals surface area contributed by atoms with Crippen LogP contribution in [0.3, 0.4) is 0 Å². The van der Waals surface area contributed by atoms with Crippen LogP contribution in [0.2, 0.25) is 0 Å². The first-order valence-electron chi connectivity index (χ1n) is 12.5. The lowest BCUT2D eigenvalue weighted by molar-refractivity contribution is -0.138. The van der Waals surface area contributed by atoms with Gasteiger partial charge >= 0.3 is 5.97 Å². The number of amides is 1. The molecule has 14 heteroatoms. The van der Waals surface area contributed by atoms with Crippen molar-refractivity contribution in [3.05, 3.63) is 53.8 Å². The van der Waals surface area contributed by atoms with Gasteiger partial charge in [-0.05, 0) is 61.7 Å². The van der Waals surface area contributed by atoms with Crippen LogP contribution in [-0.2, 0) is 14.8 Å². The number of benzene rings is 2. The van der Waals surface area contributed by atoms with Crippen LogP contribution in [0.25, 0.3) is 0 Å². The zero-order chi connectivity index (χ0) is 28.0. The van der Waals surface area contributed by atoms with Crippen molar-refractivity contribution in [2.75, 3.05) is 37.6 Å². The van der Waals surface area contributed by atoms with Gasteiger partial charge in [0.25, 0.3) is 5.91 Å². The highest BCUT2D eigenvalue weighted by Crippen LogP contribution is 2.24. The quantitative estimate of drug-likeness (QED) is 0.256. The van der Waals surface area contributed by atoms with E-state index in [2.05, 4.69) is 20.9 Å². The molecule has 2 aliphatic rings. The van der Waals surface area contributed by atoms with E-state index in [0.29, 0.717) is 18.8 Å². The van der Waals surface area contributed by atoms with Gasteiger partial charge in [-0.1, -0.05) is 0 Å². The summed E-state index contributed by atoms with van der Waals surface area (Å²) in [7, 11) is -4.24. The summed E-state index contributed by atoms with van der Waals surface area (Å²) in [5.41, 5.74) is 0.336. The maximum atomic E-state index is 15.0. The molecule has 1 amide bonds. The van der Waals surface area contributed by atoms with Gasteiger partial charge in [-0.25, -0.2) is 12.8 Å². The second-order valence-electron chi connectivity index (χ2n) is 9.30. The maximum absolute atomic E-state index is 15.0. The van der Waals surface area contributed by atoms with Gasteiger partial charge in [-0.15, -0.1) is 0 Å². The molecule has 2 aromatic rings. The molecular formula is C25H31FN6O6S. The number of aliphatic carboxylic acids is 1. The van der Waals surface area contributed by atoms with Gasteiger partial charge in [0.15, 0.2) is 5.96 Å². The molecule has 0 radical (unpaired) electrons. The zero-order valence-electron chi connectivity index (χ0n) is 21.1. The molecule has 4 rings (SSSR count). The van der Waals surface area contributed by atoms with E-state index in [0.717, 1.165) is 68.6 Å². The van der Waals surface area contributed by atoms with Gasteiger partial charge in [-0.2, -0.15) is 4.72 Å². The lowest BCUT2D eigenvalue weighted by Gasteiger charge is -2.35. The first-order chi connectivity index (χ1) is 18.6. The lowest BCUT2D eigenvalue weighted by Crippen LogP contribution is -2.50. The summed E-state index contributed by atoms with van der Waals surface area (Å²) in [5, 5.41) is 27.7. The van der Waals surface area contributed by atoms with Crippen molar-refractivity contribution in [2.24, 2.45) is 4.99 Å². The molecule has 0 saturated carbocycles. The van der Waals surface area contributed by atoms with E-state index in [1.54, 1.807) is 0 Å². The number of hydrogen-bond acceptors (Lipinski definition) is 9. The number of anilines is 1. The molecule has 0 unspecified atom stereocenters. The van der Waals surface area contributed by atoms with Crippen molar-refractivity contribution in [1.82, 2.24) is 20.7 Å². The van der Waals surface area contributed by atoms with Crippen LogP contribution < -0.4 is 25.6 Å². The summed E-state index contributed by atoms with van der Waals surface area (Å²) in [5.74, 6) is -2.20. The second kappa shape index (κ2) is 12.3. The Balaban J connectivity index is 1.32. The van der Waals surface area contributed by atoms with Gasteiger partial charge < -0.3 is 31.1 Å². The van der Waals surface area contributed by atoms with Gasteiger partial charge in [0.05, 0.1) is 10.6 Å². The summed E-state index contributed by atoms with van der Waals surface area (Å²) in [6.07, 6.45) is 2.59. The number of rotatable bonds is 9. The van der Waals surface area contributed by atoms with Crippen molar-refractivity contribution in [3.8, 4) is 5.75 Å². The molecule has 12 nitrogen and oxygen atoms in total. The Morgan fingerprint density at radius 3 is 2.49 bits per heavy atom. The van der Waals surface area contributed by atoms with Crippen LogP contribution in [0.1, 0.15) is 29.6 Å². The molecule has 0 bridgehead atoms. The second-order valence-corrected chi connectivity index (χ2v) is 11.0. The van der Waals surface area contributed by atoms with Crippen molar-refractivity contribution in [2.45, 2.75) is 36.2 Å². The van der Waals surface area contributed by atoms with Crippen molar-refractivity contribution >= 4 is 33.5 Å². The van der Waals surface area contributed by atoms with E-state index in [4.69, 9.17) is 0 Å². The number of carboxylic acid groups (broad SMARTS) is 1. The molecule has 2 heterocycles. The Kier molecular flexibility index (Phi) is 8.86. The van der Waals surface area contributed by atoms with Gasteiger partial charge in [0.1, 0.15) is 17.6 Å². The predicted octanol–water partition coefficient (Wildman–Crippen LogP) is 0.601. The van der Waals surface area contributed by atoms with Crippen LogP contribution in [-0.4, -0.2) is 81.3 Å². The highest BCUT2D eigenvalue weighted by Gasteiger charge is 2.27. The van der Waals surface area contributed by atoms with E-state index in [1.807, 2.05) is 9.62 Å². The predicted molar refractivity (Wildman–Crippen MR) is 142 cm³/mol. The summed E-state index contributed by atoms with van der Waals surface area (Å²) in [6.45, 7) is 2.35. The highest BCUT2D eigenvalue weighted by atomic mass is 32.2. The van der Waals surface area contributed by atoms with Gasteiger partial charge in [0, 0.05) is 44.3 Å². The van der Waals surface area contributed by atoms with Crippen molar-refractivity contribution in [3.63, 3.8) is 0 Å². The Hall–Kier alpha value is -3.91. The molecule has 1 fully saturated rings. The molecule has 0 aliphatic carbocycles. The smallest absolute Gasteiger partial charge is 0.323 e. The number of guanidine groups is 1. The first kappa shape index (κ1) is 28.1. The number of piperidine rings is 1. The summed E-state index contributed by atoms with van der Waals surface area (Å²) >= 11 is 0. The molecule has 2 aliphatic heterocycles. The van der Waals surface area contributed by atoms with Crippen LogP contribution in [0.5, 0.6) is 5.75 Å². The zero-order valence-corrected chi connectivity index (χ0v) is 21.9. The Morgan fingerprint density at radius 1 is 1.15 bits per heavy atom. The fourth-order valence-corrected chi connectivity index (χ4v) is 5.54. The number of nitrogens with zero attached hydrogens (tertiary/aromatic N) is 2. The minimum atomic E-state index is -4.24. The molecular weight excluding hydrogens is 531 g/mol. The topological polar surface area (TPSA) is 172 Å². The number of phenolic OH excluding ortho intramolecular Hbond substituents is 1. The lowest BCUT2D eigenvalue weighted by atomic mass is 10.0. The third-order valence-corrected chi connectivity index (χ3v) is 7.98. The molecule has 1 saturated heterocycles. The Labute approximate surface area is 225 Å². The molecule has 2 aromatic carbocycles. The van der Waals surface area contributed by atoms with Crippen LogP contribution in [0.4, 0.5) is 10.1 Å². The summed E-state index contributed by atoms with van der Waals surface area (Å²) in [4.78, 5) is 30.3. The standard InChI is InChI=1S/C25H31FN6O6S/c26-20-14-16(2-7-22(20)32-12-8-17(9-13-32)30-25-27-10-1-11-28-25)23(34)29-15-21(24(35)36)31-39(37,38)19-5-3-18(33)4-6-19/h2-7,14,17,21,31,33H,1,8-13,15H2,(H,29,34)(H,35,36)(H2,27,28,30)/t21-/m0/s1. The number of sulfonamides is 1. The van der Waals surface area contributed by atoms with E-state index in [1.165, 1.54) is 12.1 Å². The van der Waals surface area contributed by atoms with E-state index in [9.17, 15) is 32.6 Å². The summed E-state index contributed by atoms with van der Waals surface area (Å²) < 4.78 is 41.9. The number of nitrogens with one attached hydrogen (secondary N) is 4. The third-order valence-electron chi connectivity index (χ3n) is 6.49. The molecule has 1 atom stereocenters.